The number of hydrogen-bond donors (Lipinski definition) is 0. The van der Waals surface area contributed by atoms with Crippen molar-refractivity contribution in [1.29, 1.82) is 0 Å². The van der Waals surface area contributed by atoms with Crippen molar-refractivity contribution < 1.29 is 9.53 Å². The van der Waals surface area contributed by atoms with Crippen molar-refractivity contribution in [3.8, 4) is 5.75 Å². The summed E-state index contributed by atoms with van der Waals surface area (Å²) in [4.78, 5) is 19.2. The van der Waals surface area contributed by atoms with Crippen molar-refractivity contribution >= 4 is 17.5 Å². The second kappa shape index (κ2) is 8.88. The topological polar surface area (TPSA) is 36.0 Å². The monoisotopic (exact) mass is 365 g/mol. The van der Waals surface area contributed by atoms with Crippen molar-refractivity contribution in [3.63, 3.8) is 0 Å². The molecule has 5 nitrogen and oxygen atoms in total. The molecule has 1 atom stereocenters. The summed E-state index contributed by atoms with van der Waals surface area (Å²) in [6.07, 6.45) is 2.30. The minimum atomic E-state index is -0.000347. The lowest BCUT2D eigenvalue weighted by Crippen LogP contribution is -2.54. The fourth-order valence-corrected chi connectivity index (χ4v) is 3.77. The number of ether oxygens (including phenoxy) is 1. The first-order valence-electron chi connectivity index (χ1n) is 9.27. The molecule has 0 unspecified atom stereocenters. The predicted octanol–water partition coefficient (Wildman–Crippen LogP) is 2.35. The number of para-hydroxylation sites is 1. The van der Waals surface area contributed by atoms with E-state index in [2.05, 4.69) is 16.7 Å². The van der Waals surface area contributed by atoms with Gasteiger partial charge in [0, 0.05) is 45.8 Å². The molecular weight excluding hydrogens is 338 g/mol. The number of hydrogen-bond acceptors (Lipinski definition) is 4. The molecule has 0 N–H and O–H groups in total. The average Bonchev–Trinajstić information content (AvgIpc) is 3.17. The van der Waals surface area contributed by atoms with Crippen LogP contribution < -0.4 is 4.74 Å². The fraction of sp³-hybridized carbons (Fsp3) is 0.632. The second-order valence-electron chi connectivity index (χ2n) is 6.86. The molecule has 0 saturated carbocycles. The molecule has 0 spiro atoms. The molecule has 2 fully saturated rings. The van der Waals surface area contributed by atoms with E-state index in [-0.39, 0.29) is 6.04 Å². The Bertz CT molecular complexity index is 570. The number of piperazine rings is 1. The van der Waals surface area contributed by atoms with Gasteiger partial charge in [-0.3, -0.25) is 14.6 Å². The minimum absolute atomic E-state index is 0.000347. The van der Waals surface area contributed by atoms with Gasteiger partial charge in [0.25, 0.3) is 0 Å². The van der Waals surface area contributed by atoms with Crippen molar-refractivity contribution in [3.05, 3.63) is 29.3 Å². The standard InChI is InChI=1S/C19H28ClN3O2/c1-16(19(24)23-8-4-5-9-23)22-12-10-21(11-13-22)14-15-25-18-7-3-2-6-17(18)20/h2-3,6-7,16H,4-5,8-15H2,1H3/t16-/m0/s1. The van der Waals surface area contributed by atoms with Crippen LogP contribution in [0.2, 0.25) is 5.02 Å². The normalized spacial score (nSPS) is 20.6. The van der Waals surface area contributed by atoms with E-state index in [1.54, 1.807) is 0 Å². The summed E-state index contributed by atoms with van der Waals surface area (Å²) in [6, 6.07) is 7.57. The van der Waals surface area contributed by atoms with E-state index in [1.165, 1.54) is 0 Å². The summed E-state index contributed by atoms with van der Waals surface area (Å²) in [6.45, 7) is 9.26. The molecule has 138 valence electrons. The van der Waals surface area contributed by atoms with Crippen molar-refractivity contribution in [2.75, 3.05) is 52.4 Å². The van der Waals surface area contributed by atoms with Gasteiger partial charge in [-0.05, 0) is 31.9 Å². The lowest BCUT2D eigenvalue weighted by molar-refractivity contribution is -0.136. The third kappa shape index (κ3) is 4.87. The molecule has 1 amide bonds. The van der Waals surface area contributed by atoms with Crippen LogP contribution in [-0.2, 0) is 4.79 Å². The number of nitrogens with zero attached hydrogens (tertiary/aromatic N) is 3. The molecule has 6 heteroatoms. The maximum Gasteiger partial charge on any atom is 0.239 e. The maximum absolute atomic E-state index is 12.5. The fourth-order valence-electron chi connectivity index (χ4n) is 3.58. The molecule has 1 aromatic carbocycles. The lowest BCUT2D eigenvalue weighted by atomic mass is 10.2. The Morgan fingerprint density at radius 2 is 1.80 bits per heavy atom. The molecule has 3 rings (SSSR count). The van der Waals surface area contributed by atoms with Gasteiger partial charge < -0.3 is 9.64 Å². The quantitative estimate of drug-likeness (QED) is 0.775. The predicted molar refractivity (Wildman–Crippen MR) is 100 cm³/mol. The Kier molecular flexibility index (Phi) is 6.57. The third-order valence-corrected chi connectivity index (χ3v) is 5.54. The lowest BCUT2D eigenvalue weighted by Gasteiger charge is -2.38. The van der Waals surface area contributed by atoms with Crippen LogP contribution in [-0.4, -0.2) is 79.1 Å². The molecule has 1 aromatic rings. The molecule has 2 aliphatic heterocycles. The van der Waals surface area contributed by atoms with Crippen molar-refractivity contribution in [1.82, 2.24) is 14.7 Å². The first kappa shape index (κ1) is 18.5. The molecule has 0 aromatic heterocycles. The SMILES string of the molecule is C[C@@H](C(=O)N1CCCC1)N1CCN(CCOc2ccccc2Cl)CC1. The van der Waals surface area contributed by atoms with Crippen LogP contribution in [0.15, 0.2) is 24.3 Å². The van der Waals surface area contributed by atoms with Gasteiger partial charge >= 0.3 is 0 Å². The van der Waals surface area contributed by atoms with Crippen LogP contribution in [0.25, 0.3) is 0 Å². The number of carbonyl (C=O) groups excluding carboxylic acids is 1. The molecule has 0 aliphatic carbocycles. The van der Waals surface area contributed by atoms with Crippen LogP contribution >= 0.6 is 11.6 Å². The van der Waals surface area contributed by atoms with Gasteiger partial charge in [-0.1, -0.05) is 23.7 Å². The van der Waals surface area contributed by atoms with Crippen LogP contribution in [0.3, 0.4) is 0 Å². The Hall–Kier alpha value is -1.30. The number of likely N-dealkylation sites (tertiary alicyclic amines) is 1. The highest BCUT2D eigenvalue weighted by atomic mass is 35.5. The van der Waals surface area contributed by atoms with E-state index in [9.17, 15) is 4.79 Å². The largest absolute Gasteiger partial charge is 0.491 e. The zero-order valence-electron chi connectivity index (χ0n) is 15.0. The first-order valence-corrected chi connectivity index (χ1v) is 9.65. The van der Waals surface area contributed by atoms with Crippen LogP contribution in [0.1, 0.15) is 19.8 Å². The van der Waals surface area contributed by atoms with Gasteiger partial charge in [0.15, 0.2) is 0 Å². The van der Waals surface area contributed by atoms with E-state index in [4.69, 9.17) is 16.3 Å². The zero-order valence-corrected chi connectivity index (χ0v) is 15.7. The smallest absolute Gasteiger partial charge is 0.239 e. The molecule has 2 aliphatic rings. The zero-order chi connectivity index (χ0) is 17.6. The van der Waals surface area contributed by atoms with Gasteiger partial charge in [-0.15, -0.1) is 0 Å². The molecule has 25 heavy (non-hydrogen) atoms. The van der Waals surface area contributed by atoms with Crippen molar-refractivity contribution in [2.24, 2.45) is 0 Å². The molecule has 2 heterocycles. The minimum Gasteiger partial charge on any atom is -0.491 e. The van der Waals surface area contributed by atoms with Gasteiger partial charge in [0.05, 0.1) is 11.1 Å². The summed E-state index contributed by atoms with van der Waals surface area (Å²) in [7, 11) is 0. The molecular formula is C19H28ClN3O2. The highest BCUT2D eigenvalue weighted by Crippen LogP contribution is 2.23. The van der Waals surface area contributed by atoms with E-state index >= 15 is 0 Å². The molecule has 0 bridgehead atoms. The second-order valence-corrected chi connectivity index (χ2v) is 7.27. The Labute approximate surface area is 155 Å². The first-order chi connectivity index (χ1) is 12.1. The van der Waals surface area contributed by atoms with Gasteiger partial charge in [0.1, 0.15) is 12.4 Å². The molecule has 0 radical (unpaired) electrons. The summed E-state index contributed by atoms with van der Waals surface area (Å²) in [5.41, 5.74) is 0. The highest BCUT2D eigenvalue weighted by Gasteiger charge is 2.29. The van der Waals surface area contributed by atoms with Crippen LogP contribution in [0.5, 0.6) is 5.75 Å². The van der Waals surface area contributed by atoms with Gasteiger partial charge in [0.2, 0.25) is 5.91 Å². The maximum atomic E-state index is 12.5. The number of rotatable bonds is 6. The van der Waals surface area contributed by atoms with E-state index in [1.807, 2.05) is 29.2 Å². The van der Waals surface area contributed by atoms with Crippen LogP contribution in [0.4, 0.5) is 0 Å². The average molecular weight is 366 g/mol. The summed E-state index contributed by atoms with van der Waals surface area (Å²) < 4.78 is 5.77. The summed E-state index contributed by atoms with van der Waals surface area (Å²) >= 11 is 6.10. The summed E-state index contributed by atoms with van der Waals surface area (Å²) in [5.74, 6) is 1.04. The van der Waals surface area contributed by atoms with Crippen molar-refractivity contribution in [2.45, 2.75) is 25.8 Å². The number of benzene rings is 1. The van der Waals surface area contributed by atoms with Crippen LogP contribution in [0, 0.1) is 0 Å². The number of carbonyl (C=O) groups is 1. The number of amides is 1. The summed E-state index contributed by atoms with van der Waals surface area (Å²) in [5, 5.41) is 0.654. The third-order valence-electron chi connectivity index (χ3n) is 5.23. The number of halogens is 1. The Morgan fingerprint density at radius 1 is 1.12 bits per heavy atom. The Morgan fingerprint density at radius 3 is 2.48 bits per heavy atom. The highest BCUT2D eigenvalue weighted by molar-refractivity contribution is 6.32. The molecule has 2 saturated heterocycles. The van der Waals surface area contributed by atoms with Gasteiger partial charge in [-0.2, -0.15) is 0 Å². The Balaban J connectivity index is 1.38. The van der Waals surface area contributed by atoms with Gasteiger partial charge in [-0.25, -0.2) is 0 Å². The van der Waals surface area contributed by atoms with E-state index < -0.39 is 0 Å². The van der Waals surface area contributed by atoms with E-state index in [0.29, 0.717) is 17.5 Å². The van der Waals surface area contributed by atoms with E-state index in [0.717, 1.165) is 64.4 Å².